The number of ether oxygens (including phenoxy) is 1. The van der Waals surface area contributed by atoms with Crippen molar-refractivity contribution in [1.82, 2.24) is 14.9 Å². The van der Waals surface area contributed by atoms with Crippen LogP contribution in [0.1, 0.15) is 37.5 Å². The molecular formula is C19H27N3O3. The molecule has 0 fully saturated rings. The Balaban J connectivity index is 1.99. The number of methoxy groups -OCH3 is 1. The zero-order valence-corrected chi connectivity index (χ0v) is 15.4. The predicted molar refractivity (Wildman–Crippen MR) is 98.9 cm³/mol. The molecule has 1 heterocycles. The normalized spacial score (nSPS) is 11.7. The second-order valence-electron chi connectivity index (χ2n) is 7.15. The summed E-state index contributed by atoms with van der Waals surface area (Å²) in [6.07, 6.45) is 1.59. The molecule has 0 radical (unpaired) electrons. The van der Waals surface area contributed by atoms with Gasteiger partial charge in [-0.15, -0.1) is 0 Å². The average molecular weight is 345 g/mol. The van der Waals surface area contributed by atoms with Gasteiger partial charge in [0.1, 0.15) is 0 Å². The Morgan fingerprint density at radius 3 is 2.40 bits per heavy atom. The molecular weight excluding hydrogens is 318 g/mol. The largest absolute Gasteiger partial charge is 0.383 e. The summed E-state index contributed by atoms with van der Waals surface area (Å²) in [5.41, 5.74) is 2.34. The van der Waals surface area contributed by atoms with Gasteiger partial charge in [0, 0.05) is 32.0 Å². The highest BCUT2D eigenvalue weighted by Gasteiger charge is 2.12. The second kappa shape index (κ2) is 8.27. The van der Waals surface area contributed by atoms with Gasteiger partial charge in [0.2, 0.25) is 0 Å². The van der Waals surface area contributed by atoms with Crippen molar-refractivity contribution >= 4 is 0 Å². The molecule has 6 heteroatoms. The second-order valence-corrected chi connectivity index (χ2v) is 7.15. The van der Waals surface area contributed by atoms with Crippen LogP contribution in [-0.4, -0.2) is 23.3 Å². The van der Waals surface area contributed by atoms with E-state index in [4.69, 9.17) is 4.74 Å². The Hall–Kier alpha value is -2.18. The molecule has 2 rings (SSSR count). The van der Waals surface area contributed by atoms with E-state index < -0.39 is 5.69 Å². The van der Waals surface area contributed by atoms with Gasteiger partial charge in [0.25, 0.3) is 5.56 Å². The van der Waals surface area contributed by atoms with E-state index in [1.54, 1.807) is 13.3 Å². The molecule has 0 saturated heterocycles. The number of hydrogen-bond donors (Lipinski definition) is 2. The van der Waals surface area contributed by atoms with Gasteiger partial charge in [-0.1, -0.05) is 45.0 Å². The lowest BCUT2D eigenvalue weighted by Crippen LogP contribution is -2.34. The van der Waals surface area contributed by atoms with Crippen LogP contribution in [0.25, 0.3) is 0 Å². The van der Waals surface area contributed by atoms with Crippen LogP contribution in [0.5, 0.6) is 0 Å². The zero-order chi connectivity index (χ0) is 18.4. The third-order valence-corrected chi connectivity index (χ3v) is 4.09. The maximum Gasteiger partial charge on any atom is 0.328 e. The Morgan fingerprint density at radius 2 is 1.80 bits per heavy atom. The standard InChI is InChI=1S/C19H27N3O3/c1-19(2,3)16-7-5-14(6-8-16)11-20-12-15-13-22(9-10-25-4)18(24)21-17(15)23/h5-8,13,20H,9-12H2,1-4H3,(H,21,23,24). The summed E-state index contributed by atoms with van der Waals surface area (Å²) < 4.78 is 6.43. The molecule has 136 valence electrons. The van der Waals surface area contributed by atoms with E-state index >= 15 is 0 Å². The van der Waals surface area contributed by atoms with Gasteiger partial charge in [-0.3, -0.25) is 14.3 Å². The Labute approximate surface area is 147 Å². The molecule has 6 nitrogen and oxygen atoms in total. The Morgan fingerprint density at radius 1 is 1.12 bits per heavy atom. The first-order valence-corrected chi connectivity index (χ1v) is 8.43. The lowest BCUT2D eigenvalue weighted by atomic mass is 9.87. The molecule has 0 bridgehead atoms. The highest BCUT2D eigenvalue weighted by molar-refractivity contribution is 5.27. The van der Waals surface area contributed by atoms with Crippen molar-refractivity contribution in [3.05, 3.63) is 68.0 Å². The van der Waals surface area contributed by atoms with Gasteiger partial charge < -0.3 is 10.1 Å². The maximum absolute atomic E-state index is 11.9. The highest BCUT2D eigenvalue weighted by atomic mass is 16.5. The van der Waals surface area contributed by atoms with Crippen LogP contribution in [0, 0.1) is 0 Å². The van der Waals surface area contributed by atoms with E-state index in [1.807, 2.05) is 0 Å². The molecule has 1 aromatic heterocycles. The van der Waals surface area contributed by atoms with E-state index in [0.717, 1.165) is 5.56 Å². The first kappa shape index (κ1) is 19.1. The van der Waals surface area contributed by atoms with Crippen molar-refractivity contribution < 1.29 is 4.74 Å². The van der Waals surface area contributed by atoms with E-state index in [9.17, 15) is 9.59 Å². The van der Waals surface area contributed by atoms with Crippen molar-refractivity contribution in [3.8, 4) is 0 Å². The minimum atomic E-state index is -0.413. The van der Waals surface area contributed by atoms with Crippen LogP contribution < -0.4 is 16.6 Å². The molecule has 0 saturated carbocycles. The van der Waals surface area contributed by atoms with Gasteiger partial charge in [0.15, 0.2) is 0 Å². The van der Waals surface area contributed by atoms with Crippen molar-refractivity contribution in [2.45, 2.75) is 45.8 Å². The fraction of sp³-hybridized carbons (Fsp3) is 0.474. The van der Waals surface area contributed by atoms with Crippen LogP contribution in [0.15, 0.2) is 40.1 Å². The lowest BCUT2D eigenvalue weighted by molar-refractivity contribution is 0.185. The zero-order valence-electron chi connectivity index (χ0n) is 15.4. The number of hydrogen-bond acceptors (Lipinski definition) is 4. The van der Waals surface area contributed by atoms with Crippen LogP contribution in [0.2, 0.25) is 0 Å². The van der Waals surface area contributed by atoms with Crippen LogP contribution in [0.4, 0.5) is 0 Å². The Bertz CT molecular complexity index is 798. The molecule has 1 aromatic carbocycles. The molecule has 0 unspecified atom stereocenters. The summed E-state index contributed by atoms with van der Waals surface area (Å²) in [6.45, 7) is 8.43. The first-order valence-electron chi connectivity index (χ1n) is 8.43. The molecule has 0 aliphatic carbocycles. The number of rotatable bonds is 7. The summed E-state index contributed by atoms with van der Waals surface area (Å²) in [5, 5.41) is 3.25. The number of H-pyrrole nitrogens is 1. The summed E-state index contributed by atoms with van der Waals surface area (Å²) >= 11 is 0. The minimum absolute atomic E-state index is 0.134. The van der Waals surface area contributed by atoms with Gasteiger partial charge in [-0.05, 0) is 16.5 Å². The molecule has 2 aromatic rings. The smallest absolute Gasteiger partial charge is 0.328 e. The topological polar surface area (TPSA) is 76.1 Å². The summed E-state index contributed by atoms with van der Waals surface area (Å²) in [7, 11) is 1.57. The third-order valence-electron chi connectivity index (χ3n) is 4.09. The lowest BCUT2D eigenvalue weighted by Gasteiger charge is -2.19. The fourth-order valence-electron chi connectivity index (χ4n) is 2.50. The number of nitrogens with one attached hydrogen (secondary N) is 2. The molecule has 0 aliphatic rings. The van der Waals surface area contributed by atoms with E-state index in [0.29, 0.717) is 31.8 Å². The van der Waals surface area contributed by atoms with Gasteiger partial charge in [-0.2, -0.15) is 0 Å². The first-order chi connectivity index (χ1) is 11.8. The van der Waals surface area contributed by atoms with Gasteiger partial charge in [-0.25, -0.2) is 4.79 Å². The van der Waals surface area contributed by atoms with Crippen molar-refractivity contribution in [2.24, 2.45) is 0 Å². The molecule has 0 amide bonds. The summed E-state index contributed by atoms with van der Waals surface area (Å²) in [4.78, 5) is 26.0. The van der Waals surface area contributed by atoms with E-state index in [-0.39, 0.29) is 11.0 Å². The minimum Gasteiger partial charge on any atom is -0.383 e. The van der Waals surface area contributed by atoms with Crippen LogP contribution in [0.3, 0.4) is 0 Å². The van der Waals surface area contributed by atoms with Gasteiger partial charge in [0.05, 0.1) is 13.2 Å². The molecule has 0 atom stereocenters. The van der Waals surface area contributed by atoms with Gasteiger partial charge >= 0.3 is 5.69 Å². The van der Waals surface area contributed by atoms with E-state index in [1.165, 1.54) is 10.1 Å². The molecule has 0 aliphatic heterocycles. The molecule has 0 spiro atoms. The average Bonchev–Trinajstić information content (AvgIpc) is 2.55. The highest BCUT2D eigenvalue weighted by Crippen LogP contribution is 2.22. The number of aromatic amines is 1. The number of aromatic nitrogens is 2. The van der Waals surface area contributed by atoms with Crippen molar-refractivity contribution in [2.75, 3.05) is 13.7 Å². The molecule has 2 N–H and O–H groups in total. The summed E-state index contributed by atoms with van der Waals surface area (Å²) in [6, 6.07) is 8.46. The Kier molecular flexibility index (Phi) is 6.33. The molecule has 25 heavy (non-hydrogen) atoms. The predicted octanol–water partition coefficient (Wildman–Crippen LogP) is 1.77. The van der Waals surface area contributed by atoms with Crippen LogP contribution >= 0.6 is 0 Å². The third kappa shape index (κ3) is 5.41. The maximum atomic E-state index is 11.9. The number of nitrogens with zero attached hydrogens (tertiary/aromatic N) is 1. The number of benzene rings is 1. The van der Waals surface area contributed by atoms with Crippen molar-refractivity contribution in [3.63, 3.8) is 0 Å². The monoisotopic (exact) mass is 345 g/mol. The van der Waals surface area contributed by atoms with Crippen molar-refractivity contribution in [1.29, 1.82) is 0 Å². The van der Waals surface area contributed by atoms with E-state index in [2.05, 4.69) is 55.3 Å². The summed E-state index contributed by atoms with van der Waals surface area (Å²) in [5.74, 6) is 0. The SMILES string of the molecule is COCCn1cc(CNCc2ccc(C(C)(C)C)cc2)c(=O)[nH]c1=O. The fourth-order valence-corrected chi connectivity index (χ4v) is 2.50. The van der Waals surface area contributed by atoms with Crippen LogP contribution in [-0.2, 0) is 29.8 Å². The quantitative estimate of drug-likeness (QED) is 0.802.